The van der Waals surface area contributed by atoms with Crippen molar-refractivity contribution in [2.75, 3.05) is 7.11 Å². The third-order valence-electron chi connectivity index (χ3n) is 3.97. The van der Waals surface area contributed by atoms with Crippen LogP contribution in [0.5, 0.6) is 5.75 Å². The molecule has 0 saturated heterocycles. The first kappa shape index (κ1) is 16.1. The van der Waals surface area contributed by atoms with Crippen LogP contribution in [0.15, 0.2) is 48.9 Å². The maximum atomic E-state index is 6.35. The van der Waals surface area contributed by atoms with Gasteiger partial charge in [-0.05, 0) is 30.2 Å². The number of benzene rings is 1. The lowest BCUT2D eigenvalue weighted by atomic mass is 10.1. The van der Waals surface area contributed by atoms with Crippen LogP contribution in [-0.4, -0.2) is 26.7 Å². The van der Waals surface area contributed by atoms with Gasteiger partial charge >= 0.3 is 0 Å². The second kappa shape index (κ2) is 6.82. The van der Waals surface area contributed by atoms with Gasteiger partial charge in [0.1, 0.15) is 21.4 Å². The van der Waals surface area contributed by atoms with E-state index in [0.717, 1.165) is 39.6 Å². The van der Waals surface area contributed by atoms with Gasteiger partial charge in [0.05, 0.1) is 12.1 Å². The van der Waals surface area contributed by atoms with Gasteiger partial charge in [0.15, 0.2) is 0 Å². The quantitative estimate of drug-likeness (QED) is 0.525. The number of rotatable bonds is 5. The normalized spacial score (nSPS) is 11.1. The first-order valence-corrected chi connectivity index (χ1v) is 9.01. The molecule has 0 bridgehead atoms. The van der Waals surface area contributed by atoms with Gasteiger partial charge in [-0.15, -0.1) is 10.2 Å². The number of pyridine rings is 1. The fraction of sp³-hybridized carbons (Fsp3) is 0.167. The lowest BCUT2D eigenvalue weighted by Crippen LogP contribution is -1.94. The van der Waals surface area contributed by atoms with Crippen molar-refractivity contribution >= 4 is 28.6 Å². The maximum Gasteiger partial charge on any atom is 0.149 e. The van der Waals surface area contributed by atoms with Gasteiger partial charge in [-0.25, -0.2) is 4.98 Å². The van der Waals surface area contributed by atoms with Crippen LogP contribution in [0.25, 0.3) is 16.2 Å². The molecule has 0 fully saturated rings. The number of nitrogens with zero attached hydrogens (tertiary/aromatic N) is 4. The molecule has 0 aliphatic rings. The highest BCUT2D eigenvalue weighted by Gasteiger charge is 2.10. The number of methoxy groups -OCH3 is 1. The number of hydrogen-bond acceptors (Lipinski definition) is 5. The van der Waals surface area contributed by atoms with Crippen molar-refractivity contribution in [3.63, 3.8) is 0 Å². The average molecular weight is 371 g/mol. The molecule has 0 spiro atoms. The molecule has 0 amide bonds. The van der Waals surface area contributed by atoms with Crippen molar-refractivity contribution in [1.29, 1.82) is 0 Å². The number of hydrogen-bond donors (Lipinski definition) is 0. The van der Waals surface area contributed by atoms with Crippen molar-refractivity contribution in [3.05, 3.63) is 64.5 Å². The molecule has 7 heteroatoms. The molecule has 0 aliphatic heterocycles. The molecule has 0 aliphatic carbocycles. The Balaban J connectivity index is 1.51. The first-order chi connectivity index (χ1) is 12.2. The minimum absolute atomic E-state index is 0.667. The summed E-state index contributed by atoms with van der Waals surface area (Å²) < 4.78 is 7.24. The van der Waals surface area contributed by atoms with E-state index in [0.29, 0.717) is 10.8 Å². The van der Waals surface area contributed by atoms with E-state index in [-0.39, 0.29) is 0 Å². The maximum absolute atomic E-state index is 6.35. The summed E-state index contributed by atoms with van der Waals surface area (Å²) >= 11 is 7.96. The van der Waals surface area contributed by atoms with E-state index >= 15 is 0 Å². The lowest BCUT2D eigenvalue weighted by Gasteiger charge is -2.07. The van der Waals surface area contributed by atoms with Crippen LogP contribution in [0, 0.1) is 0 Å². The smallest absolute Gasteiger partial charge is 0.149 e. The van der Waals surface area contributed by atoms with E-state index in [4.69, 9.17) is 16.3 Å². The van der Waals surface area contributed by atoms with Crippen LogP contribution in [0.3, 0.4) is 0 Å². The Morgan fingerprint density at radius 3 is 2.96 bits per heavy atom. The molecule has 4 rings (SSSR count). The molecule has 3 heterocycles. The van der Waals surface area contributed by atoms with E-state index in [9.17, 15) is 0 Å². The van der Waals surface area contributed by atoms with E-state index in [1.54, 1.807) is 24.6 Å². The minimum atomic E-state index is 0.667. The molecular formula is C18H15ClN4OS. The summed E-state index contributed by atoms with van der Waals surface area (Å²) in [7, 11) is 1.62. The second-order valence-electron chi connectivity index (χ2n) is 5.54. The van der Waals surface area contributed by atoms with E-state index in [1.165, 1.54) is 0 Å². The predicted octanol–water partition coefficient (Wildman–Crippen LogP) is 4.30. The van der Waals surface area contributed by atoms with Crippen molar-refractivity contribution in [2.45, 2.75) is 12.8 Å². The summed E-state index contributed by atoms with van der Waals surface area (Å²) in [6.45, 7) is 0. The zero-order valence-electron chi connectivity index (χ0n) is 13.5. The Kier molecular flexibility index (Phi) is 4.38. The number of imidazole rings is 1. The van der Waals surface area contributed by atoms with Gasteiger partial charge in [-0.2, -0.15) is 0 Å². The molecule has 0 saturated carbocycles. The summed E-state index contributed by atoms with van der Waals surface area (Å²) in [5, 5.41) is 11.2. The summed E-state index contributed by atoms with van der Waals surface area (Å²) in [6.07, 6.45) is 7.31. The van der Waals surface area contributed by atoms with Crippen LogP contribution in [0.2, 0.25) is 5.02 Å². The first-order valence-electron chi connectivity index (χ1n) is 7.81. The molecule has 25 heavy (non-hydrogen) atoms. The van der Waals surface area contributed by atoms with Crippen LogP contribution in [0.1, 0.15) is 10.6 Å². The molecule has 5 nitrogen and oxygen atoms in total. The second-order valence-corrected chi connectivity index (χ2v) is 6.98. The summed E-state index contributed by atoms with van der Waals surface area (Å²) in [5.41, 5.74) is 3.01. The minimum Gasteiger partial charge on any atom is -0.495 e. The molecule has 3 aromatic heterocycles. The summed E-state index contributed by atoms with van der Waals surface area (Å²) in [6, 6.07) is 9.82. The Morgan fingerprint density at radius 1 is 1.16 bits per heavy atom. The van der Waals surface area contributed by atoms with E-state index < -0.39 is 0 Å². The Labute approximate surface area is 153 Å². The molecule has 1 aromatic carbocycles. The van der Waals surface area contributed by atoms with E-state index in [2.05, 4.69) is 15.2 Å². The number of fused-ring (bicyclic) bond motifs is 1. The molecule has 0 atom stereocenters. The molecule has 126 valence electrons. The highest BCUT2D eigenvalue weighted by molar-refractivity contribution is 7.14. The van der Waals surface area contributed by atoms with Crippen LogP contribution < -0.4 is 4.74 Å². The highest BCUT2D eigenvalue weighted by atomic mass is 35.5. The SMILES string of the molecule is COc1cccc(CCc2nnc(-c3ccc4nccn4c3)s2)c1Cl. The third-order valence-corrected chi connectivity index (χ3v) is 5.44. The Hall–Kier alpha value is -2.44. The standard InChI is InChI=1S/C18H15ClN4OS/c1-24-14-4-2-3-12(17(14)19)6-8-16-21-22-18(25-16)13-5-7-15-20-9-10-23(15)11-13/h2-5,7,9-11H,6,8H2,1H3. The predicted molar refractivity (Wildman–Crippen MR) is 99.5 cm³/mol. The average Bonchev–Trinajstić information content (AvgIpc) is 3.29. The van der Waals surface area contributed by atoms with Crippen molar-refractivity contribution in [1.82, 2.24) is 19.6 Å². The fourth-order valence-corrected chi connectivity index (χ4v) is 3.79. The number of ether oxygens (including phenoxy) is 1. The van der Waals surface area contributed by atoms with Gasteiger partial charge in [-0.1, -0.05) is 35.1 Å². The van der Waals surface area contributed by atoms with Crippen LogP contribution in [0.4, 0.5) is 0 Å². The summed E-state index contributed by atoms with van der Waals surface area (Å²) in [4.78, 5) is 4.25. The van der Waals surface area contributed by atoms with Crippen molar-refractivity contribution in [3.8, 4) is 16.3 Å². The fourth-order valence-electron chi connectivity index (χ4n) is 2.67. The van der Waals surface area contributed by atoms with Gasteiger partial charge in [0.2, 0.25) is 0 Å². The summed E-state index contributed by atoms with van der Waals surface area (Å²) in [5.74, 6) is 0.700. The molecule has 0 unspecified atom stereocenters. The zero-order valence-corrected chi connectivity index (χ0v) is 15.1. The molecular weight excluding hydrogens is 356 g/mol. The van der Waals surface area contributed by atoms with Gasteiger partial charge in [0, 0.05) is 30.6 Å². The third kappa shape index (κ3) is 3.23. The van der Waals surface area contributed by atoms with Crippen molar-refractivity contribution < 1.29 is 4.74 Å². The van der Waals surface area contributed by atoms with Crippen LogP contribution in [-0.2, 0) is 12.8 Å². The largest absolute Gasteiger partial charge is 0.495 e. The Bertz CT molecular complexity index is 1030. The molecule has 0 N–H and O–H groups in total. The highest BCUT2D eigenvalue weighted by Crippen LogP contribution is 2.29. The number of aromatic nitrogens is 4. The topological polar surface area (TPSA) is 52.3 Å². The number of aryl methyl sites for hydroxylation is 2. The van der Waals surface area contributed by atoms with Gasteiger partial charge < -0.3 is 9.14 Å². The van der Waals surface area contributed by atoms with Gasteiger partial charge in [0.25, 0.3) is 0 Å². The zero-order chi connectivity index (χ0) is 17.2. The van der Waals surface area contributed by atoms with Crippen molar-refractivity contribution in [2.24, 2.45) is 0 Å². The molecule has 0 radical (unpaired) electrons. The number of halogens is 1. The van der Waals surface area contributed by atoms with E-state index in [1.807, 2.05) is 47.1 Å². The van der Waals surface area contributed by atoms with Crippen LogP contribution >= 0.6 is 22.9 Å². The van der Waals surface area contributed by atoms with Gasteiger partial charge in [-0.3, -0.25) is 0 Å². The molecule has 4 aromatic rings. The monoisotopic (exact) mass is 370 g/mol. The lowest BCUT2D eigenvalue weighted by molar-refractivity contribution is 0.414. The Morgan fingerprint density at radius 2 is 2.08 bits per heavy atom.